The molecular weight excluding hydrogens is 326 g/mol. The van der Waals surface area contributed by atoms with E-state index in [0.717, 1.165) is 30.2 Å². The molecule has 0 aliphatic heterocycles. The number of carbonyl (C=O) groups excluding carboxylic acids is 1. The van der Waals surface area contributed by atoms with Gasteiger partial charge in [-0.2, -0.15) is 0 Å². The van der Waals surface area contributed by atoms with E-state index in [1.165, 1.54) is 24.1 Å². The van der Waals surface area contributed by atoms with Gasteiger partial charge in [0.15, 0.2) is 0 Å². The standard InChI is InChI=1S/C20H29N5O/c1-13(2)19-21-11-12-25(19)15(4)20(26)22-10-9-18-23-14(3)16-7-5-6-8-17(16)24-18/h11-13,15H,5-10H2,1-4H3,(H,22,26). The van der Waals surface area contributed by atoms with Crippen LogP contribution in [-0.4, -0.2) is 32.0 Å². The molecule has 0 bridgehead atoms. The molecule has 2 aromatic rings. The molecule has 0 saturated carbocycles. The molecule has 1 atom stereocenters. The molecule has 2 aromatic heterocycles. The summed E-state index contributed by atoms with van der Waals surface area (Å²) in [6, 6.07) is -0.277. The van der Waals surface area contributed by atoms with Crippen LogP contribution < -0.4 is 5.32 Å². The van der Waals surface area contributed by atoms with Gasteiger partial charge in [0.25, 0.3) is 0 Å². The first-order valence-corrected chi connectivity index (χ1v) is 9.63. The predicted octanol–water partition coefficient (Wildman–Crippen LogP) is 2.90. The fourth-order valence-electron chi connectivity index (χ4n) is 3.63. The quantitative estimate of drug-likeness (QED) is 0.865. The first-order chi connectivity index (χ1) is 12.5. The van der Waals surface area contributed by atoms with Crippen LogP contribution in [0.5, 0.6) is 0 Å². The molecule has 1 amide bonds. The van der Waals surface area contributed by atoms with Crippen molar-refractivity contribution in [2.24, 2.45) is 0 Å². The third-order valence-electron chi connectivity index (χ3n) is 5.10. The van der Waals surface area contributed by atoms with Crippen molar-refractivity contribution in [3.8, 4) is 0 Å². The molecule has 2 heterocycles. The monoisotopic (exact) mass is 355 g/mol. The van der Waals surface area contributed by atoms with Gasteiger partial charge in [-0.25, -0.2) is 15.0 Å². The molecule has 0 fully saturated rings. The molecule has 1 unspecified atom stereocenters. The van der Waals surface area contributed by atoms with E-state index in [2.05, 4.69) is 36.1 Å². The van der Waals surface area contributed by atoms with Crippen LogP contribution in [0.3, 0.4) is 0 Å². The summed E-state index contributed by atoms with van der Waals surface area (Å²) in [7, 11) is 0. The lowest BCUT2D eigenvalue weighted by molar-refractivity contribution is -0.123. The Kier molecular flexibility index (Phi) is 5.69. The molecule has 0 radical (unpaired) electrons. The average molecular weight is 355 g/mol. The molecule has 1 N–H and O–H groups in total. The number of hydrogen-bond acceptors (Lipinski definition) is 4. The smallest absolute Gasteiger partial charge is 0.242 e. The van der Waals surface area contributed by atoms with Crippen LogP contribution in [0.25, 0.3) is 0 Å². The Morgan fingerprint density at radius 2 is 2.00 bits per heavy atom. The summed E-state index contributed by atoms with van der Waals surface area (Å²) in [5.74, 6) is 2.05. The lowest BCUT2D eigenvalue weighted by Gasteiger charge is -2.19. The second-order valence-electron chi connectivity index (χ2n) is 7.42. The van der Waals surface area contributed by atoms with Crippen molar-refractivity contribution >= 4 is 5.91 Å². The van der Waals surface area contributed by atoms with Crippen LogP contribution in [0.2, 0.25) is 0 Å². The topological polar surface area (TPSA) is 72.7 Å². The molecule has 26 heavy (non-hydrogen) atoms. The van der Waals surface area contributed by atoms with Crippen LogP contribution >= 0.6 is 0 Å². The highest BCUT2D eigenvalue weighted by Crippen LogP contribution is 2.21. The molecule has 0 spiro atoms. The molecule has 1 aliphatic rings. The van der Waals surface area contributed by atoms with E-state index in [9.17, 15) is 4.79 Å². The van der Waals surface area contributed by atoms with E-state index in [1.807, 2.05) is 17.7 Å². The Morgan fingerprint density at radius 1 is 1.23 bits per heavy atom. The molecule has 6 nitrogen and oxygen atoms in total. The van der Waals surface area contributed by atoms with E-state index in [-0.39, 0.29) is 17.9 Å². The van der Waals surface area contributed by atoms with Gasteiger partial charge in [0.2, 0.25) is 5.91 Å². The number of amides is 1. The Balaban J connectivity index is 1.58. The number of nitrogens with one attached hydrogen (secondary N) is 1. The summed E-state index contributed by atoms with van der Waals surface area (Å²) in [6.45, 7) is 8.69. The normalized spacial score (nSPS) is 15.0. The zero-order valence-corrected chi connectivity index (χ0v) is 16.2. The maximum Gasteiger partial charge on any atom is 0.242 e. The fourth-order valence-corrected chi connectivity index (χ4v) is 3.63. The molecular formula is C20H29N5O. The maximum absolute atomic E-state index is 12.5. The minimum absolute atomic E-state index is 0.000387. The first kappa shape index (κ1) is 18.5. The molecule has 1 aliphatic carbocycles. The predicted molar refractivity (Wildman–Crippen MR) is 101 cm³/mol. The molecule has 0 aromatic carbocycles. The number of carbonyl (C=O) groups is 1. The van der Waals surface area contributed by atoms with Crippen LogP contribution in [0.1, 0.15) is 74.2 Å². The zero-order valence-electron chi connectivity index (χ0n) is 16.2. The third-order valence-corrected chi connectivity index (χ3v) is 5.10. The number of fused-ring (bicyclic) bond motifs is 1. The first-order valence-electron chi connectivity index (χ1n) is 9.63. The second kappa shape index (κ2) is 7.98. The number of aryl methyl sites for hydroxylation is 2. The largest absolute Gasteiger partial charge is 0.354 e. The fraction of sp³-hybridized carbons (Fsp3) is 0.600. The SMILES string of the molecule is Cc1nc(CCNC(=O)C(C)n2ccnc2C(C)C)nc2c1CCCC2. The lowest BCUT2D eigenvalue weighted by atomic mass is 9.95. The average Bonchev–Trinajstić information content (AvgIpc) is 3.11. The van der Waals surface area contributed by atoms with E-state index >= 15 is 0 Å². The van der Waals surface area contributed by atoms with Crippen molar-refractivity contribution in [3.05, 3.63) is 41.0 Å². The van der Waals surface area contributed by atoms with E-state index in [1.54, 1.807) is 6.20 Å². The third kappa shape index (κ3) is 3.94. The van der Waals surface area contributed by atoms with Crippen LogP contribution in [0.4, 0.5) is 0 Å². The van der Waals surface area contributed by atoms with Gasteiger partial charge in [0.1, 0.15) is 17.7 Å². The summed E-state index contributed by atoms with van der Waals surface area (Å²) in [6.07, 6.45) is 8.87. The molecule has 3 rings (SSSR count). The number of rotatable bonds is 6. The summed E-state index contributed by atoms with van der Waals surface area (Å²) in [5, 5.41) is 3.02. The maximum atomic E-state index is 12.5. The molecule has 0 saturated heterocycles. The van der Waals surface area contributed by atoms with E-state index < -0.39 is 0 Å². The molecule has 140 valence electrons. The van der Waals surface area contributed by atoms with Crippen molar-refractivity contribution in [2.45, 2.75) is 71.8 Å². The van der Waals surface area contributed by atoms with Crippen LogP contribution in [-0.2, 0) is 24.1 Å². The van der Waals surface area contributed by atoms with Gasteiger partial charge in [0, 0.05) is 42.7 Å². The van der Waals surface area contributed by atoms with Crippen molar-refractivity contribution in [2.75, 3.05) is 6.54 Å². The highest BCUT2D eigenvalue weighted by molar-refractivity contribution is 5.79. The van der Waals surface area contributed by atoms with Gasteiger partial charge < -0.3 is 9.88 Å². The lowest BCUT2D eigenvalue weighted by Crippen LogP contribution is -2.33. The highest BCUT2D eigenvalue weighted by atomic mass is 16.2. The van der Waals surface area contributed by atoms with E-state index in [0.29, 0.717) is 13.0 Å². The minimum Gasteiger partial charge on any atom is -0.354 e. The minimum atomic E-state index is -0.277. The Hall–Kier alpha value is -2.24. The summed E-state index contributed by atoms with van der Waals surface area (Å²) < 4.78 is 1.94. The number of imidazole rings is 1. The molecule has 6 heteroatoms. The van der Waals surface area contributed by atoms with Crippen LogP contribution in [0.15, 0.2) is 12.4 Å². The number of hydrogen-bond donors (Lipinski definition) is 1. The van der Waals surface area contributed by atoms with Crippen molar-refractivity contribution < 1.29 is 4.79 Å². The van der Waals surface area contributed by atoms with Crippen LogP contribution in [0, 0.1) is 6.92 Å². The van der Waals surface area contributed by atoms with Gasteiger partial charge in [0.05, 0.1) is 0 Å². The zero-order chi connectivity index (χ0) is 18.7. The summed E-state index contributed by atoms with van der Waals surface area (Å²) >= 11 is 0. The Morgan fingerprint density at radius 3 is 2.77 bits per heavy atom. The van der Waals surface area contributed by atoms with Crippen molar-refractivity contribution in [1.29, 1.82) is 0 Å². The van der Waals surface area contributed by atoms with E-state index in [4.69, 9.17) is 4.98 Å². The van der Waals surface area contributed by atoms with Gasteiger partial charge in [-0.1, -0.05) is 13.8 Å². The number of aromatic nitrogens is 4. The van der Waals surface area contributed by atoms with Gasteiger partial charge in [-0.3, -0.25) is 4.79 Å². The second-order valence-corrected chi connectivity index (χ2v) is 7.42. The van der Waals surface area contributed by atoms with Crippen molar-refractivity contribution in [1.82, 2.24) is 24.8 Å². The number of nitrogens with zero attached hydrogens (tertiary/aromatic N) is 4. The Labute approximate surface area is 155 Å². The van der Waals surface area contributed by atoms with Gasteiger partial charge in [-0.15, -0.1) is 0 Å². The van der Waals surface area contributed by atoms with Gasteiger partial charge in [-0.05, 0) is 45.1 Å². The summed E-state index contributed by atoms with van der Waals surface area (Å²) in [4.78, 5) is 26.2. The van der Waals surface area contributed by atoms with Crippen molar-refractivity contribution in [3.63, 3.8) is 0 Å². The summed E-state index contributed by atoms with van der Waals surface area (Å²) in [5.41, 5.74) is 3.64. The van der Waals surface area contributed by atoms with Gasteiger partial charge >= 0.3 is 0 Å². The Bertz CT molecular complexity index is 781. The highest BCUT2D eigenvalue weighted by Gasteiger charge is 2.19.